The Kier molecular flexibility index (Phi) is 20.3. The van der Waals surface area contributed by atoms with Crippen molar-refractivity contribution >= 4 is 39.5 Å². The normalized spacial score (nSPS) is 24.7. The van der Waals surface area contributed by atoms with Gasteiger partial charge in [0.2, 0.25) is 22.4 Å². The van der Waals surface area contributed by atoms with Crippen LogP contribution in [0.25, 0.3) is 0 Å². The molecule has 14 heteroatoms. The number of carbonyl (C=O) groups is 1. The molecule has 3 aliphatic heterocycles. The fourth-order valence-electron chi connectivity index (χ4n) is 9.69. The summed E-state index contributed by atoms with van der Waals surface area (Å²) in [6.45, 7) is 48.7. The molecule has 3 heterocycles. The van der Waals surface area contributed by atoms with Gasteiger partial charge in [0.25, 0.3) is 0 Å². The predicted octanol–water partition coefficient (Wildman–Crippen LogP) is 15.5. The molecule has 4 rings (SSSR count). The quantitative estimate of drug-likeness (QED) is 0.0586. The average molecular weight is 1060 g/mol. The lowest BCUT2D eigenvalue weighted by molar-refractivity contribution is -0.373. The second-order valence-electron chi connectivity index (χ2n) is 26.0. The highest BCUT2D eigenvalue weighted by Gasteiger charge is 2.69. The van der Waals surface area contributed by atoms with Crippen LogP contribution in [0.5, 0.6) is 11.5 Å². The molecule has 0 amide bonds. The van der Waals surface area contributed by atoms with E-state index in [1.54, 1.807) is 6.08 Å². The highest BCUT2D eigenvalue weighted by Crippen LogP contribution is 2.59. The number of carbonyl (C=O) groups excluding carboxylic acids is 1. The van der Waals surface area contributed by atoms with Crippen LogP contribution in [0.4, 0.5) is 0 Å². The predicted molar refractivity (Wildman–Crippen MR) is 302 cm³/mol. The van der Waals surface area contributed by atoms with Crippen LogP contribution >= 0.6 is 0 Å². The Morgan fingerprint density at radius 3 is 2.00 bits per heavy atom. The molecule has 404 valence electrons. The van der Waals surface area contributed by atoms with E-state index in [1.807, 2.05) is 18.2 Å². The number of hydrogen-bond acceptors (Lipinski definition) is 10. The molecule has 1 N–H and O–H groups in total. The van der Waals surface area contributed by atoms with Gasteiger partial charge in [0.05, 0.1) is 24.9 Å². The van der Waals surface area contributed by atoms with Crippen molar-refractivity contribution in [3.63, 3.8) is 0 Å². The number of ether oxygens (including phenoxy) is 3. The van der Waals surface area contributed by atoms with Crippen LogP contribution in [0.3, 0.4) is 0 Å². The number of hydrogen-bond donors (Lipinski definition) is 1. The largest absolute Gasteiger partial charge is 0.543 e. The van der Waals surface area contributed by atoms with E-state index in [0.717, 1.165) is 36.0 Å². The first-order valence-electron chi connectivity index (χ1n) is 27.0. The van der Waals surface area contributed by atoms with Crippen molar-refractivity contribution in [1.29, 1.82) is 0 Å². The van der Waals surface area contributed by atoms with Crippen LogP contribution in [0, 0.1) is 5.92 Å². The maximum Gasteiger partial charge on any atom is 0.349 e. The van der Waals surface area contributed by atoms with Crippen LogP contribution < -0.4 is 8.85 Å². The molecule has 0 unspecified atom stereocenters. The molecular weight excluding hydrogens is 957 g/mol. The third-order valence-electron chi connectivity index (χ3n) is 16.7. The maximum atomic E-state index is 14.3. The Labute approximate surface area is 436 Å². The third kappa shape index (κ3) is 13.8. The molecule has 1 aromatic carbocycles. The van der Waals surface area contributed by atoms with Crippen LogP contribution in [-0.4, -0.2) is 81.7 Å². The summed E-state index contributed by atoms with van der Waals surface area (Å²) in [5.74, 6) is -0.456. The van der Waals surface area contributed by atoms with E-state index in [0.29, 0.717) is 23.5 Å². The number of benzene rings is 1. The molecule has 2 saturated heterocycles. The lowest BCUT2D eigenvalue weighted by atomic mass is 9.86. The smallest absolute Gasteiger partial charge is 0.349 e. The van der Waals surface area contributed by atoms with Crippen LogP contribution in [0.1, 0.15) is 161 Å². The Morgan fingerprint density at radius 2 is 1.45 bits per heavy atom. The van der Waals surface area contributed by atoms with Crippen molar-refractivity contribution in [2.45, 2.75) is 258 Å². The zero-order valence-corrected chi connectivity index (χ0v) is 52.6. The minimum absolute atomic E-state index is 0.0561. The molecule has 1 aromatic rings. The fourth-order valence-corrected chi connectivity index (χ4v) is 19.6. The van der Waals surface area contributed by atoms with E-state index in [2.05, 4.69) is 175 Å². The van der Waals surface area contributed by atoms with Gasteiger partial charge in [-0.15, -0.1) is 0 Å². The summed E-state index contributed by atoms with van der Waals surface area (Å²) in [6.07, 6.45) is 13.4. The summed E-state index contributed by atoms with van der Waals surface area (Å²) in [4.78, 5) is 14.3. The number of aliphatic hydroxyl groups is 1. The minimum Gasteiger partial charge on any atom is -0.543 e. The van der Waals surface area contributed by atoms with Crippen LogP contribution in [0.2, 0.25) is 64.5 Å². The molecule has 0 radical (unpaired) electrons. The van der Waals surface area contributed by atoms with Crippen molar-refractivity contribution in [2.75, 3.05) is 6.61 Å². The second kappa shape index (κ2) is 23.4. The Morgan fingerprint density at radius 1 is 0.859 bits per heavy atom. The van der Waals surface area contributed by atoms with E-state index in [9.17, 15) is 9.90 Å². The molecule has 0 saturated carbocycles. The minimum atomic E-state index is -3.12. The van der Waals surface area contributed by atoms with Crippen molar-refractivity contribution < 1.29 is 46.2 Å². The zero-order valence-electron chi connectivity index (χ0n) is 48.6. The molecule has 0 aromatic heterocycles. The number of esters is 1. The Bertz CT molecular complexity index is 2040. The summed E-state index contributed by atoms with van der Waals surface area (Å²) < 4.78 is 55.9. The standard InChI is InChI=1S/C57H100O10Si4/c1-23-41(5)33-29-27-30-34-42(6)45(66-70(24-2,25-3)26-4)35-31-28-32-36-48(58)62-52-50(59)51-47(40-61-71(67-51,55(13,14)15)56(16,17)18)63-57(52)49-43(39-60-57)37-44(64-68(19,20)53(7,8)9)38-46(49)65-69(21,22)54(10,11)12/h27-28,30-32,34,36-38,41,45,47,50-52,59H,23-26,29,33,35,39-40H2,1-22H3/b30-27+,31-28+,36-32+,42-34+/t41-,45-,47+,50-,51+,52+,57-/m0/s1. The van der Waals surface area contributed by atoms with Gasteiger partial charge < -0.3 is 41.4 Å². The Hall–Kier alpha value is -2.12. The molecule has 3 aliphatic rings. The second-order valence-corrected chi connectivity index (χ2v) is 44.9. The summed E-state index contributed by atoms with van der Waals surface area (Å²) in [5.41, 5.74) is 2.57. The highest BCUT2D eigenvalue weighted by atomic mass is 28.4. The summed E-state index contributed by atoms with van der Waals surface area (Å²) in [5, 5.41) is 11.9. The topological polar surface area (TPSA) is 111 Å². The monoisotopic (exact) mass is 1060 g/mol. The third-order valence-corrected chi connectivity index (χ3v) is 35.1. The van der Waals surface area contributed by atoms with Crippen molar-refractivity contribution in [3.8, 4) is 11.5 Å². The van der Waals surface area contributed by atoms with Gasteiger partial charge in [-0.2, -0.15) is 0 Å². The van der Waals surface area contributed by atoms with E-state index in [4.69, 9.17) is 36.3 Å². The van der Waals surface area contributed by atoms with E-state index >= 15 is 0 Å². The van der Waals surface area contributed by atoms with E-state index in [-0.39, 0.29) is 39.5 Å². The lowest BCUT2D eigenvalue weighted by Crippen LogP contribution is -2.73. The molecule has 71 heavy (non-hydrogen) atoms. The molecule has 2 fully saturated rings. The van der Waals surface area contributed by atoms with Crippen LogP contribution in [0.15, 0.2) is 60.2 Å². The lowest BCUT2D eigenvalue weighted by Gasteiger charge is -2.58. The Balaban J connectivity index is 1.79. The van der Waals surface area contributed by atoms with E-state index < -0.39 is 69.7 Å². The average Bonchev–Trinajstić information content (AvgIpc) is 3.62. The summed E-state index contributed by atoms with van der Waals surface area (Å²) in [6, 6.07) is 7.13. The van der Waals surface area contributed by atoms with Crippen molar-refractivity contribution in [2.24, 2.45) is 5.92 Å². The van der Waals surface area contributed by atoms with Gasteiger partial charge in [0, 0.05) is 22.2 Å². The van der Waals surface area contributed by atoms with Crippen molar-refractivity contribution in [1.82, 2.24) is 0 Å². The SMILES string of the molecule is CC[C@H](C)CC/C=C/C=C(\C)[C@H](C/C=C/C=C/C(=O)O[C@@H]1[C@@H](O)[C@@H]2O[Si](C(C)(C)C)(C(C)(C)C)OC[C@H]2O[C@]12OCc1cc(O[Si](C)(C)C(C)(C)C)cc(O[Si](C)(C)C(C)(C)C)c12)O[Si](CC)(CC)CC. The van der Waals surface area contributed by atoms with E-state index in [1.165, 1.54) is 24.5 Å². The number of allylic oxidation sites excluding steroid dienone is 5. The maximum absolute atomic E-state index is 14.3. The zero-order chi connectivity index (χ0) is 53.8. The molecule has 0 aliphatic carbocycles. The first kappa shape index (κ1) is 61.4. The van der Waals surface area contributed by atoms with Gasteiger partial charge >= 0.3 is 14.5 Å². The molecule has 0 bridgehead atoms. The van der Waals surface area contributed by atoms with Gasteiger partial charge in [-0.25, -0.2) is 4.79 Å². The molecular formula is C57H100O10Si4. The molecule has 1 spiro atoms. The highest BCUT2D eigenvalue weighted by molar-refractivity contribution is 6.75. The van der Waals surface area contributed by atoms with Gasteiger partial charge in [-0.3, -0.25) is 0 Å². The number of fused-ring (bicyclic) bond motifs is 3. The first-order valence-corrected chi connectivity index (χ1v) is 37.2. The van der Waals surface area contributed by atoms with Gasteiger partial charge in [-0.1, -0.05) is 161 Å². The van der Waals surface area contributed by atoms with Crippen molar-refractivity contribution in [3.05, 3.63) is 71.4 Å². The molecule has 10 nitrogen and oxygen atoms in total. The number of aliphatic hydroxyl groups excluding tert-OH is 1. The summed E-state index contributed by atoms with van der Waals surface area (Å²) in [7, 11) is -9.88. The molecule has 7 atom stereocenters. The van der Waals surface area contributed by atoms with Gasteiger partial charge in [0.15, 0.2) is 14.4 Å². The first-order chi connectivity index (χ1) is 32.6. The fraction of sp³-hybridized carbons (Fsp3) is 0.737. The summed E-state index contributed by atoms with van der Waals surface area (Å²) >= 11 is 0. The van der Waals surface area contributed by atoms with Gasteiger partial charge in [0.1, 0.15) is 29.8 Å². The van der Waals surface area contributed by atoms with Crippen LogP contribution in [-0.2, 0) is 44.7 Å². The van der Waals surface area contributed by atoms with Gasteiger partial charge in [-0.05, 0) is 104 Å². The number of rotatable bonds is 20.